The summed E-state index contributed by atoms with van der Waals surface area (Å²) >= 11 is 0.998. The molecular weight excluding hydrogens is 733 g/mol. The van der Waals surface area contributed by atoms with Crippen molar-refractivity contribution < 1.29 is 51.6 Å². The Balaban J connectivity index is 1.53. The van der Waals surface area contributed by atoms with E-state index >= 15 is 0 Å². The standard InChI is InChI=1S/C40H42N2O10S2/c1-39(2)31-25-29(53-52-51-50-5)17-19-33(31)41(23-21-37(43)44)35(39)15-9-13-28(27-11-7-6-8-12-27)14-10-16-36-40(3,4)32-26-30(54(47,48)49)18-20-34(32)42(36)24-22-38(45)46/h6-20,25-26H,21-24H2,1-5H3,(H2-,43,44,45,46,47,48,49)/p+1. The van der Waals surface area contributed by atoms with Gasteiger partial charge in [-0.05, 0) is 67.0 Å². The maximum atomic E-state index is 12.0. The number of fused-ring (bicyclic) bond motifs is 2. The minimum absolute atomic E-state index is 0.0580. The van der Waals surface area contributed by atoms with Crippen LogP contribution in [0.1, 0.15) is 57.2 Å². The van der Waals surface area contributed by atoms with Crippen molar-refractivity contribution in [3.8, 4) is 0 Å². The lowest BCUT2D eigenvalue weighted by Gasteiger charge is -2.26. The summed E-state index contributed by atoms with van der Waals surface area (Å²) in [6, 6.07) is 19.9. The summed E-state index contributed by atoms with van der Waals surface area (Å²) in [7, 11) is -3.12. The molecular formula is C40H43N2O10S2+. The number of hydrogen-bond donors (Lipinski definition) is 3. The van der Waals surface area contributed by atoms with Gasteiger partial charge in [0.15, 0.2) is 12.3 Å². The number of allylic oxidation sites excluding steroid dienone is 8. The molecule has 54 heavy (non-hydrogen) atoms. The fourth-order valence-electron chi connectivity index (χ4n) is 6.86. The monoisotopic (exact) mass is 775 g/mol. The van der Waals surface area contributed by atoms with Gasteiger partial charge in [-0.3, -0.25) is 14.1 Å². The molecule has 2 heterocycles. The largest absolute Gasteiger partial charge is 0.481 e. The molecule has 0 saturated carbocycles. The second-order valence-corrected chi connectivity index (χ2v) is 15.9. The van der Waals surface area contributed by atoms with E-state index in [9.17, 15) is 32.8 Å². The van der Waals surface area contributed by atoms with Crippen molar-refractivity contribution in [1.82, 2.24) is 0 Å². The highest BCUT2D eigenvalue weighted by Crippen LogP contribution is 2.48. The third kappa shape index (κ3) is 8.92. The molecule has 14 heteroatoms. The molecule has 0 amide bonds. The zero-order valence-electron chi connectivity index (χ0n) is 30.6. The van der Waals surface area contributed by atoms with Crippen LogP contribution >= 0.6 is 12.0 Å². The van der Waals surface area contributed by atoms with E-state index in [1.165, 1.54) is 19.2 Å². The number of hydrogen-bond acceptors (Lipinski definition) is 9. The Morgan fingerprint density at radius 1 is 0.907 bits per heavy atom. The molecule has 0 radical (unpaired) electrons. The Labute approximate surface area is 319 Å². The molecule has 284 valence electrons. The van der Waals surface area contributed by atoms with Crippen LogP contribution in [0.3, 0.4) is 0 Å². The van der Waals surface area contributed by atoms with Gasteiger partial charge in [0, 0.05) is 45.9 Å². The fraction of sp³-hybridized carbons (Fsp3) is 0.275. The summed E-state index contributed by atoms with van der Waals surface area (Å²) in [4.78, 5) is 30.2. The van der Waals surface area contributed by atoms with Gasteiger partial charge in [-0.2, -0.15) is 13.0 Å². The third-order valence-corrected chi connectivity index (χ3v) is 10.9. The number of benzene rings is 3. The first kappa shape index (κ1) is 40.4. The van der Waals surface area contributed by atoms with E-state index in [0.29, 0.717) is 11.3 Å². The number of anilines is 1. The van der Waals surface area contributed by atoms with Crippen molar-refractivity contribution in [3.63, 3.8) is 0 Å². The zero-order valence-corrected chi connectivity index (χ0v) is 32.2. The summed E-state index contributed by atoms with van der Waals surface area (Å²) in [6.07, 6.45) is 11.4. The molecule has 0 aromatic heterocycles. The molecule has 0 saturated heterocycles. The van der Waals surface area contributed by atoms with Crippen LogP contribution in [0.4, 0.5) is 11.4 Å². The second kappa shape index (κ2) is 16.7. The average Bonchev–Trinajstić information content (AvgIpc) is 3.46. The number of rotatable bonds is 16. The SMILES string of the molecule is COOOSc1ccc2c(c1)C(C)(C)C(/C=C/C=C(/C=C/C=C1/N(CCC(=O)O)c3ccc(S(=O)(=O)O)cc3C1(C)C)c1ccccc1)=[N+]2CCC(=O)O. The molecule has 2 aliphatic rings. The van der Waals surface area contributed by atoms with Gasteiger partial charge in [-0.1, -0.05) is 73.5 Å². The lowest BCUT2D eigenvalue weighted by atomic mass is 9.81. The Morgan fingerprint density at radius 3 is 2.30 bits per heavy atom. The molecule has 3 N–H and O–H groups in total. The van der Waals surface area contributed by atoms with Crippen LogP contribution in [0, 0.1) is 0 Å². The molecule has 0 atom stereocenters. The smallest absolute Gasteiger partial charge is 0.309 e. The van der Waals surface area contributed by atoms with Crippen molar-refractivity contribution in [2.45, 2.75) is 61.2 Å². The Hall–Kier alpha value is -4.83. The number of carboxylic acids is 2. The van der Waals surface area contributed by atoms with Crippen molar-refractivity contribution in [3.05, 3.63) is 126 Å². The second-order valence-electron chi connectivity index (χ2n) is 13.7. The average molecular weight is 776 g/mol. The van der Waals surface area contributed by atoms with E-state index in [4.69, 9.17) is 4.33 Å². The van der Waals surface area contributed by atoms with Gasteiger partial charge in [-0.25, -0.2) is 4.89 Å². The van der Waals surface area contributed by atoms with Gasteiger partial charge in [0.05, 0.1) is 35.9 Å². The van der Waals surface area contributed by atoms with E-state index < -0.39 is 32.9 Å². The normalized spacial score (nSPS) is 17.2. The number of nitrogens with zero attached hydrogens (tertiary/aromatic N) is 2. The zero-order chi connectivity index (χ0) is 39.3. The van der Waals surface area contributed by atoms with E-state index in [2.05, 4.69) is 23.8 Å². The van der Waals surface area contributed by atoms with Gasteiger partial charge in [0.1, 0.15) is 6.42 Å². The minimum Gasteiger partial charge on any atom is -0.481 e. The molecule has 3 aromatic carbocycles. The Morgan fingerprint density at radius 2 is 1.63 bits per heavy atom. The Kier molecular flexibility index (Phi) is 12.5. The fourth-order valence-corrected chi connectivity index (χ4v) is 7.82. The molecule has 2 aliphatic heterocycles. The Bertz CT molecular complexity index is 2190. The highest BCUT2D eigenvalue weighted by molar-refractivity contribution is 7.94. The van der Waals surface area contributed by atoms with Gasteiger partial charge in [0.25, 0.3) is 10.1 Å². The number of aliphatic carboxylic acids is 2. The summed E-state index contributed by atoms with van der Waals surface area (Å²) < 4.78 is 40.7. The van der Waals surface area contributed by atoms with Crippen molar-refractivity contribution in [1.29, 1.82) is 0 Å². The van der Waals surface area contributed by atoms with Crippen molar-refractivity contribution in [2.24, 2.45) is 0 Å². The lowest BCUT2D eigenvalue weighted by Crippen LogP contribution is -2.28. The number of carbonyl (C=O) groups is 2. The molecule has 12 nitrogen and oxygen atoms in total. The van der Waals surface area contributed by atoms with Crippen LogP contribution in [0.2, 0.25) is 0 Å². The highest BCUT2D eigenvalue weighted by Gasteiger charge is 2.45. The van der Waals surface area contributed by atoms with Crippen LogP contribution < -0.4 is 4.90 Å². The van der Waals surface area contributed by atoms with Crippen LogP contribution in [0.5, 0.6) is 0 Å². The molecule has 0 aliphatic carbocycles. The van der Waals surface area contributed by atoms with E-state index in [1.807, 2.05) is 108 Å². The maximum Gasteiger partial charge on any atom is 0.309 e. The van der Waals surface area contributed by atoms with Gasteiger partial charge in [-0.15, -0.1) is 4.33 Å². The van der Waals surface area contributed by atoms with Crippen molar-refractivity contribution >= 4 is 56.8 Å². The quantitative estimate of drug-likeness (QED) is 0.0248. The molecule has 0 bridgehead atoms. The first-order chi connectivity index (χ1) is 25.5. The molecule has 0 unspecified atom stereocenters. The van der Waals surface area contributed by atoms with Gasteiger partial charge in [0.2, 0.25) is 5.69 Å². The van der Waals surface area contributed by atoms with Gasteiger partial charge < -0.3 is 15.1 Å². The summed E-state index contributed by atoms with van der Waals surface area (Å²) in [5.74, 6) is -1.87. The summed E-state index contributed by atoms with van der Waals surface area (Å²) in [5.41, 5.74) is 5.46. The molecule has 5 rings (SSSR count). The van der Waals surface area contributed by atoms with Crippen LogP contribution in [-0.2, 0) is 44.8 Å². The molecule has 0 spiro atoms. The van der Waals surface area contributed by atoms with Gasteiger partial charge >= 0.3 is 11.9 Å². The maximum absolute atomic E-state index is 12.0. The lowest BCUT2D eigenvalue weighted by molar-refractivity contribution is -0.447. The third-order valence-electron chi connectivity index (χ3n) is 9.52. The van der Waals surface area contributed by atoms with Crippen molar-refractivity contribution in [2.75, 3.05) is 25.1 Å². The molecule has 0 fully saturated rings. The van der Waals surface area contributed by atoms with E-state index in [0.717, 1.165) is 50.7 Å². The van der Waals surface area contributed by atoms with Crippen LogP contribution in [-0.4, -0.2) is 65.6 Å². The van der Waals surface area contributed by atoms with E-state index in [1.54, 1.807) is 6.07 Å². The number of carboxylic acid groups (broad SMARTS) is 2. The highest BCUT2D eigenvalue weighted by atomic mass is 32.2. The van der Waals surface area contributed by atoms with Crippen LogP contribution in [0.25, 0.3) is 5.57 Å². The first-order valence-electron chi connectivity index (χ1n) is 17.0. The molecule has 3 aromatic rings. The first-order valence-corrected chi connectivity index (χ1v) is 19.2. The summed E-state index contributed by atoms with van der Waals surface area (Å²) in [5, 5.41) is 23.6. The minimum atomic E-state index is -4.45. The summed E-state index contributed by atoms with van der Waals surface area (Å²) in [6.45, 7) is 8.44. The predicted octanol–water partition coefficient (Wildman–Crippen LogP) is 7.65. The topological polar surface area (TPSA) is 163 Å². The van der Waals surface area contributed by atoms with Crippen LogP contribution in [0.15, 0.2) is 119 Å². The predicted molar refractivity (Wildman–Crippen MR) is 206 cm³/mol. The van der Waals surface area contributed by atoms with E-state index in [-0.39, 0.29) is 30.8 Å².